The zero-order chi connectivity index (χ0) is 17.1. The average molecular weight is 350 g/mol. The van der Waals surface area contributed by atoms with Gasteiger partial charge in [0.15, 0.2) is 5.13 Å². The Bertz CT molecular complexity index is 1010. The van der Waals surface area contributed by atoms with Crippen LogP contribution in [0.25, 0.3) is 11.0 Å². The summed E-state index contributed by atoms with van der Waals surface area (Å²) < 4.78 is 0. The number of fused-ring (bicyclic) bond motifs is 6. The second-order valence-corrected chi connectivity index (χ2v) is 8.22. The number of hydrogen-bond donors (Lipinski definition) is 1. The van der Waals surface area contributed by atoms with Crippen LogP contribution in [0, 0.1) is 13.8 Å². The normalized spacial score (nSPS) is 20.9. The lowest BCUT2D eigenvalue weighted by molar-refractivity contribution is 0.102. The van der Waals surface area contributed by atoms with E-state index in [2.05, 4.69) is 10.3 Å². The number of aryl methyl sites for hydroxylation is 2. The van der Waals surface area contributed by atoms with Gasteiger partial charge in [-0.15, -0.1) is 11.3 Å². The smallest absolute Gasteiger partial charge is 0.257 e. The largest absolute Gasteiger partial charge is 0.298 e. The fourth-order valence-corrected chi connectivity index (χ4v) is 4.81. The monoisotopic (exact) mass is 350 g/mol. The van der Waals surface area contributed by atoms with Gasteiger partial charge < -0.3 is 0 Å². The lowest BCUT2D eigenvalue weighted by atomic mass is 10.00. The number of rotatable bonds is 2. The molecule has 2 heterocycles. The molecular formula is C19H18N4OS. The summed E-state index contributed by atoms with van der Waals surface area (Å²) in [7, 11) is 0. The lowest BCUT2D eigenvalue weighted by Crippen LogP contribution is -2.12. The molecule has 2 aromatic heterocycles. The Morgan fingerprint density at radius 2 is 1.80 bits per heavy atom. The number of benzene rings is 1. The van der Waals surface area contributed by atoms with Crippen LogP contribution in [0.4, 0.5) is 5.13 Å². The SMILES string of the molecule is Cc1nc(NC(=O)c2ccc3nc4c(nc3c2)C2CCC4C2)sc1C. The predicted molar refractivity (Wildman–Crippen MR) is 98.4 cm³/mol. The van der Waals surface area contributed by atoms with E-state index >= 15 is 0 Å². The second-order valence-electron chi connectivity index (χ2n) is 7.02. The highest BCUT2D eigenvalue weighted by atomic mass is 32.1. The number of hydrogen-bond acceptors (Lipinski definition) is 5. The first-order valence-electron chi connectivity index (χ1n) is 8.65. The molecule has 1 aromatic carbocycles. The van der Waals surface area contributed by atoms with E-state index in [0.29, 0.717) is 22.5 Å². The van der Waals surface area contributed by atoms with Crippen molar-refractivity contribution in [2.24, 2.45) is 0 Å². The Kier molecular flexibility index (Phi) is 3.19. The molecule has 25 heavy (non-hydrogen) atoms. The summed E-state index contributed by atoms with van der Waals surface area (Å²) in [5.74, 6) is 1.01. The van der Waals surface area contributed by atoms with Gasteiger partial charge in [-0.05, 0) is 51.3 Å². The first-order valence-corrected chi connectivity index (χ1v) is 9.47. The molecule has 126 valence electrons. The third-order valence-corrected chi connectivity index (χ3v) is 6.43. The quantitative estimate of drug-likeness (QED) is 0.747. The van der Waals surface area contributed by atoms with Crippen LogP contribution in [0.15, 0.2) is 18.2 Å². The van der Waals surface area contributed by atoms with Gasteiger partial charge in [0.05, 0.1) is 28.1 Å². The highest BCUT2D eigenvalue weighted by molar-refractivity contribution is 7.15. The van der Waals surface area contributed by atoms with E-state index in [4.69, 9.17) is 9.97 Å². The molecule has 2 atom stereocenters. The van der Waals surface area contributed by atoms with Crippen molar-refractivity contribution in [2.75, 3.05) is 5.32 Å². The molecule has 1 N–H and O–H groups in total. The third kappa shape index (κ3) is 2.35. The molecule has 5 nitrogen and oxygen atoms in total. The maximum absolute atomic E-state index is 12.5. The summed E-state index contributed by atoms with van der Waals surface area (Å²) in [4.78, 5) is 27.7. The first kappa shape index (κ1) is 15.0. The zero-order valence-corrected chi connectivity index (χ0v) is 15.0. The van der Waals surface area contributed by atoms with Crippen molar-refractivity contribution in [3.05, 3.63) is 45.7 Å². The Hall–Kier alpha value is -2.34. The van der Waals surface area contributed by atoms with Crippen LogP contribution in [0.1, 0.15) is 63.4 Å². The van der Waals surface area contributed by atoms with Gasteiger partial charge in [0, 0.05) is 22.3 Å². The molecule has 0 aliphatic heterocycles. The molecule has 1 fully saturated rings. The fourth-order valence-electron chi connectivity index (χ4n) is 4.00. The molecule has 0 saturated heterocycles. The van der Waals surface area contributed by atoms with Gasteiger partial charge >= 0.3 is 0 Å². The van der Waals surface area contributed by atoms with Gasteiger partial charge in [-0.3, -0.25) is 10.1 Å². The van der Waals surface area contributed by atoms with Gasteiger partial charge in [-0.25, -0.2) is 15.0 Å². The van der Waals surface area contributed by atoms with Crippen LogP contribution in [0.5, 0.6) is 0 Å². The molecule has 2 unspecified atom stereocenters. The Labute approximate surface area is 149 Å². The van der Waals surface area contributed by atoms with E-state index in [0.717, 1.165) is 27.3 Å². The lowest BCUT2D eigenvalue weighted by Gasteiger charge is -2.14. The molecule has 5 rings (SSSR count). The molecule has 0 spiro atoms. The van der Waals surface area contributed by atoms with Crippen LogP contribution in [-0.4, -0.2) is 20.9 Å². The molecule has 2 aliphatic rings. The zero-order valence-electron chi connectivity index (χ0n) is 14.2. The number of nitrogens with zero attached hydrogens (tertiary/aromatic N) is 3. The van der Waals surface area contributed by atoms with Gasteiger partial charge in [0.2, 0.25) is 0 Å². The minimum absolute atomic E-state index is 0.153. The van der Waals surface area contributed by atoms with Crippen LogP contribution >= 0.6 is 11.3 Å². The maximum Gasteiger partial charge on any atom is 0.257 e. The van der Waals surface area contributed by atoms with Crippen molar-refractivity contribution in [2.45, 2.75) is 44.9 Å². The standard InChI is InChI=1S/C19H18N4OS/c1-9-10(2)25-19(20-9)23-18(24)13-5-6-14-15(8-13)22-17-12-4-3-11(7-12)16(17)21-14/h5-6,8,11-12H,3-4,7H2,1-2H3,(H,20,23,24). The van der Waals surface area contributed by atoms with Crippen LogP contribution in [0.2, 0.25) is 0 Å². The van der Waals surface area contributed by atoms with E-state index in [-0.39, 0.29) is 5.91 Å². The van der Waals surface area contributed by atoms with E-state index < -0.39 is 0 Å². The van der Waals surface area contributed by atoms with Crippen LogP contribution in [-0.2, 0) is 0 Å². The van der Waals surface area contributed by atoms with Crippen molar-refractivity contribution >= 4 is 33.4 Å². The van der Waals surface area contributed by atoms with Gasteiger partial charge in [0.25, 0.3) is 5.91 Å². The summed E-state index contributed by atoms with van der Waals surface area (Å²) in [6, 6.07) is 5.57. The summed E-state index contributed by atoms with van der Waals surface area (Å²) in [6.45, 7) is 3.95. The van der Waals surface area contributed by atoms with Crippen molar-refractivity contribution < 1.29 is 4.79 Å². The van der Waals surface area contributed by atoms with Crippen molar-refractivity contribution in [1.82, 2.24) is 15.0 Å². The molecular weight excluding hydrogens is 332 g/mol. The summed E-state index contributed by atoms with van der Waals surface area (Å²) in [5, 5.41) is 3.52. The molecule has 6 heteroatoms. The van der Waals surface area contributed by atoms with Crippen LogP contribution < -0.4 is 5.32 Å². The third-order valence-electron chi connectivity index (χ3n) is 5.44. The fraction of sp³-hybridized carbons (Fsp3) is 0.368. The van der Waals surface area contributed by atoms with Crippen molar-refractivity contribution in [3.8, 4) is 0 Å². The first-order chi connectivity index (χ1) is 12.1. The number of anilines is 1. The van der Waals surface area contributed by atoms with Gasteiger partial charge in [0.1, 0.15) is 0 Å². The predicted octanol–water partition coefficient (Wildman–Crippen LogP) is 4.32. The summed E-state index contributed by atoms with van der Waals surface area (Å²) >= 11 is 1.49. The molecule has 2 aliphatic carbocycles. The van der Waals surface area contributed by atoms with Crippen molar-refractivity contribution in [1.29, 1.82) is 0 Å². The number of thiazole rings is 1. The Balaban J connectivity index is 1.49. The number of carbonyl (C=O) groups excluding carboxylic acids is 1. The second kappa shape index (κ2) is 5.33. The van der Waals surface area contributed by atoms with E-state index in [1.54, 1.807) is 0 Å². The summed E-state index contributed by atoms with van der Waals surface area (Å²) in [6.07, 6.45) is 3.66. The van der Waals surface area contributed by atoms with E-state index in [9.17, 15) is 4.79 Å². The summed E-state index contributed by atoms with van der Waals surface area (Å²) in [5.41, 5.74) is 5.59. The Morgan fingerprint density at radius 3 is 2.48 bits per heavy atom. The van der Waals surface area contributed by atoms with Crippen molar-refractivity contribution in [3.63, 3.8) is 0 Å². The maximum atomic E-state index is 12.5. The van der Waals surface area contributed by atoms with E-state index in [1.807, 2.05) is 32.0 Å². The number of carbonyl (C=O) groups is 1. The number of nitrogens with one attached hydrogen (secondary N) is 1. The van der Waals surface area contributed by atoms with E-state index in [1.165, 1.54) is 36.3 Å². The van der Waals surface area contributed by atoms with Gasteiger partial charge in [-0.2, -0.15) is 0 Å². The Morgan fingerprint density at radius 1 is 1.08 bits per heavy atom. The average Bonchev–Trinajstić information content (AvgIpc) is 3.28. The molecule has 1 amide bonds. The van der Waals surface area contributed by atoms with Crippen LogP contribution in [0.3, 0.4) is 0 Å². The highest BCUT2D eigenvalue weighted by Gasteiger charge is 2.39. The van der Waals surface area contributed by atoms with Gasteiger partial charge in [-0.1, -0.05) is 0 Å². The minimum atomic E-state index is -0.153. The molecule has 0 radical (unpaired) electrons. The minimum Gasteiger partial charge on any atom is -0.298 e. The number of amides is 1. The molecule has 3 aromatic rings. The molecule has 1 saturated carbocycles. The molecule has 2 bridgehead atoms. The topological polar surface area (TPSA) is 67.8 Å². The highest BCUT2D eigenvalue weighted by Crippen LogP contribution is 2.51. The number of aromatic nitrogens is 3.